The molecule has 2 heterocycles. The van der Waals surface area contributed by atoms with Gasteiger partial charge in [-0.15, -0.1) is 0 Å². The third kappa shape index (κ3) is 3.18. The second kappa shape index (κ2) is 6.90. The van der Waals surface area contributed by atoms with Gasteiger partial charge in [0.2, 0.25) is 5.91 Å². The Morgan fingerprint density at radius 2 is 1.92 bits per heavy atom. The summed E-state index contributed by atoms with van der Waals surface area (Å²) in [7, 11) is 0. The van der Waals surface area contributed by atoms with Crippen molar-refractivity contribution in [3.8, 4) is 0 Å². The van der Waals surface area contributed by atoms with Crippen molar-refractivity contribution in [3.63, 3.8) is 0 Å². The summed E-state index contributed by atoms with van der Waals surface area (Å²) in [5.41, 5.74) is -2.09. The maximum absolute atomic E-state index is 13.3. The van der Waals surface area contributed by atoms with Crippen LogP contribution < -0.4 is 0 Å². The molecule has 8 heteroatoms. The monoisotopic (exact) mass is 371 g/mol. The van der Waals surface area contributed by atoms with E-state index >= 15 is 0 Å². The molecule has 3 atom stereocenters. The van der Waals surface area contributed by atoms with Gasteiger partial charge in [0.15, 0.2) is 5.41 Å². The molecule has 0 spiro atoms. The number of carbonyl (C=O) groups is 2. The predicted octanol–water partition coefficient (Wildman–Crippen LogP) is 3.02. The van der Waals surface area contributed by atoms with Gasteiger partial charge in [-0.05, 0) is 24.8 Å². The molecule has 142 valence electrons. The average molecular weight is 371 g/mol. The molecule has 1 N–H and O–H groups in total. The van der Waals surface area contributed by atoms with E-state index in [1.165, 1.54) is 0 Å². The Hall–Kier alpha value is -2.09. The molecule has 2 fully saturated rings. The van der Waals surface area contributed by atoms with Crippen molar-refractivity contribution in [3.05, 3.63) is 35.9 Å². The number of amides is 1. The topological polar surface area (TPSA) is 66.8 Å². The van der Waals surface area contributed by atoms with Gasteiger partial charge in [0.05, 0.1) is 12.0 Å². The first-order valence-electron chi connectivity index (χ1n) is 8.52. The number of likely N-dealkylation sites (tertiary alicyclic amines) is 1. The number of carboxylic acid groups (broad SMARTS) is 1. The minimum atomic E-state index is -4.91. The lowest BCUT2D eigenvalue weighted by Gasteiger charge is -2.34. The first-order valence-corrected chi connectivity index (χ1v) is 8.52. The van der Waals surface area contributed by atoms with Gasteiger partial charge in [-0.25, -0.2) is 0 Å². The highest BCUT2D eigenvalue weighted by molar-refractivity contribution is 5.83. The lowest BCUT2D eigenvalue weighted by molar-refractivity contribution is -0.227. The molecule has 2 aliphatic heterocycles. The molecule has 0 aromatic heterocycles. The molecule has 1 aromatic carbocycles. The van der Waals surface area contributed by atoms with Crippen LogP contribution in [0.3, 0.4) is 0 Å². The summed E-state index contributed by atoms with van der Waals surface area (Å²) in [6.45, 7) is -0.587. The van der Waals surface area contributed by atoms with E-state index in [4.69, 9.17) is 9.84 Å². The van der Waals surface area contributed by atoms with E-state index < -0.39 is 48.5 Å². The number of hydrogen-bond donors (Lipinski definition) is 1. The summed E-state index contributed by atoms with van der Waals surface area (Å²) < 4.78 is 45.8. The quantitative estimate of drug-likeness (QED) is 0.887. The first kappa shape index (κ1) is 18.7. The molecule has 3 unspecified atom stereocenters. The predicted molar refractivity (Wildman–Crippen MR) is 85.2 cm³/mol. The Balaban J connectivity index is 1.81. The maximum Gasteiger partial charge on any atom is 0.406 e. The van der Waals surface area contributed by atoms with Crippen molar-refractivity contribution in [1.82, 2.24) is 4.90 Å². The van der Waals surface area contributed by atoms with Gasteiger partial charge in [0.1, 0.15) is 0 Å². The molecule has 0 radical (unpaired) electrons. The summed E-state index contributed by atoms with van der Waals surface area (Å²) in [5, 5.41) is 9.16. The molecule has 0 bridgehead atoms. The summed E-state index contributed by atoms with van der Waals surface area (Å²) in [4.78, 5) is 25.3. The van der Waals surface area contributed by atoms with E-state index in [1.807, 2.05) is 30.3 Å². The van der Waals surface area contributed by atoms with Crippen LogP contribution in [0.1, 0.15) is 30.9 Å². The zero-order valence-electron chi connectivity index (χ0n) is 14.0. The number of alkyl halides is 3. The first-order chi connectivity index (χ1) is 12.3. The van der Waals surface area contributed by atoms with Gasteiger partial charge in [0, 0.05) is 19.7 Å². The molecule has 0 aliphatic carbocycles. The molecule has 3 rings (SSSR count). The largest absolute Gasteiger partial charge is 0.481 e. The molecule has 0 saturated carbocycles. The summed E-state index contributed by atoms with van der Waals surface area (Å²) in [5.74, 6) is -3.00. The summed E-state index contributed by atoms with van der Waals surface area (Å²) in [6, 6.07) is 9.08. The lowest BCUT2D eigenvalue weighted by atomic mass is 9.86. The highest BCUT2D eigenvalue weighted by Crippen LogP contribution is 2.47. The number of carbonyl (C=O) groups excluding carboxylic acids is 1. The number of rotatable bonds is 3. The van der Waals surface area contributed by atoms with Gasteiger partial charge in [-0.1, -0.05) is 30.3 Å². The van der Waals surface area contributed by atoms with Gasteiger partial charge in [0.25, 0.3) is 0 Å². The number of benzene rings is 1. The molecule has 2 aliphatic rings. The zero-order chi connectivity index (χ0) is 18.9. The van der Waals surface area contributed by atoms with Crippen molar-refractivity contribution in [2.45, 2.75) is 31.5 Å². The molecule has 1 aromatic rings. The van der Waals surface area contributed by atoms with Crippen molar-refractivity contribution in [2.24, 2.45) is 11.3 Å². The van der Waals surface area contributed by atoms with Crippen LogP contribution in [0.5, 0.6) is 0 Å². The Morgan fingerprint density at radius 3 is 2.50 bits per heavy atom. The standard InChI is InChI=1S/C18H20F3NO4/c19-18(20,21)17(16(24)25)8-9-22(11-17)15(23)13-7-4-10-26-14(13)12-5-2-1-3-6-12/h1-3,5-6,13-14H,4,7-11H2,(H,24,25). The zero-order valence-corrected chi connectivity index (χ0v) is 14.0. The van der Waals surface area contributed by atoms with Crippen molar-refractivity contribution in [2.75, 3.05) is 19.7 Å². The van der Waals surface area contributed by atoms with Gasteiger partial charge in [-0.3, -0.25) is 9.59 Å². The number of aliphatic carboxylic acids is 1. The Labute approximate surface area is 148 Å². The van der Waals surface area contributed by atoms with Crippen molar-refractivity contribution in [1.29, 1.82) is 0 Å². The molecule has 1 amide bonds. The van der Waals surface area contributed by atoms with Crippen LogP contribution in [-0.2, 0) is 14.3 Å². The van der Waals surface area contributed by atoms with Crippen LogP contribution in [0.2, 0.25) is 0 Å². The lowest BCUT2D eigenvalue weighted by Crippen LogP contribution is -2.49. The smallest absolute Gasteiger partial charge is 0.406 e. The summed E-state index contributed by atoms with van der Waals surface area (Å²) >= 11 is 0. The minimum Gasteiger partial charge on any atom is -0.481 e. The molecule has 26 heavy (non-hydrogen) atoms. The number of halogens is 3. The van der Waals surface area contributed by atoms with Gasteiger partial charge in [-0.2, -0.15) is 13.2 Å². The maximum atomic E-state index is 13.3. The van der Waals surface area contributed by atoms with Crippen LogP contribution in [0, 0.1) is 11.3 Å². The van der Waals surface area contributed by atoms with Gasteiger partial charge < -0.3 is 14.7 Å². The SMILES string of the molecule is O=C(C1CCCOC1c1ccccc1)N1CCC(C(=O)O)(C(F)(F)F)C1. The molecular weight excluding hydrogens is 351 g/mol. The van der Waals surface area contributed by atoms with Crippen molar-refractivity contribution < 1.29 is 32.6 Å². The number of carboxylic acids is 1. The van der Waals surface area contributed by atoms with E-state index in [-0.39, 0.29) is 6.54 Å². The van der Waals surface area contributed by atoms with E-state index in [0.29, 0.717) is 19.4 Å². The van der Waals surface area contributed by atoms with Crippen LogP contribution in [-0.4, -0.2) is 47.8 Å². The van der Waals surface area contributed by atoms with Crippen LogP contribution in [0.25, 0.3) is 0 Å². The normalized spacial score (nSPS) is 29.6. The highest BCUT2D eigenvalue weighted by atomic mass is 19.4. The van der Waals surface area contributed by atoms with Crippen LogP contribution in [0.15, 0.2) is 30.3 Å². The van der Waals surface area contributed by atoms with Gasteiger partial charge >= 0.3 is 12.1 Å². The van der Waals surface area contributed by atoms with E-state index in [1.54, 1.807) is 0 Å². The second-order valence-corrected chi connectivity index (χ2v) is 6.85. The molecule has 5 nitrogen and oxygen atoms in total. The fraction of sp³-hybridized carbons (Fsp3) is 0.556. The van der Waals surface area contributed by atoms with E-state index in [9.17, 15) is 22.8 Å². The van der Waals surface area contributed by atoms with E-state index in [0.717, 1.165) is 10.5 Å². The Kier molecular flexibility index (Phi) is 4.96. The second-order valence-electron chi connectivity index (χ2n) is 6.85. The molecule has 2 saturated heterocycles. The average Bonchev–Trinajstić information content (AvgIpc) is 3.09. The minimum absolute atomic E-state index is 0.220. The number of ether oxygens (including phenoxy) is 1. The third-order valence-corrected chi connectivity index (χ3v) is 5.30. The number of nitrogens with zero attached hydrogens (tertiary/aromatic N) is 1. The van der Waals surface area contributed by atoms with Crippen LogP contribution in [0.4, 0.5) is 13.2 Å². The Morgan fingerprint density at radius 1 is 1.23 bits per heavy atom. The van der Waals surface area contributed by atoms with Crippen LogP contribution >= 0.6 is 0 Å². The Bertz CT molecular complexity index is 679. The third-order valence-electron chi connectivity index (χ3n) is 5.30. The summed E-state index contributed by atoms with van der Waals surface area (Å²) in [6.07, 6.45) is -4.92. The fourth-order valence-electron chi connectivity index (χ4n) is 3.76. The highest BCUT2D eigenvalue weighted by Gasteiger charge is 2.64. The fourth-order valence-corrected chi connectivity index (χ4v) is 3.76. The van der Waals surface area contributed by atoms with E-state index in [2.05, 4.69) is 0 Å². The molecular formula is C18H20F3NO4. The number of hydrogen-bond acceptors (Lipinski definition) is 3. The van der Waals surface area contributed by atoms with Crippen molar-refractivity contribution >= 4 is 11.9 Å².